The summed E-state index contributed by atoms with van der Waals surface area (Å²) in [6.07, 6.45) is 4.42. The number of aliphatic hydroxyl groups excluding tert-OH is 1. The quantitative estimate of drug-likeness (QED) is 0.456. The molecule has 4 N–H and O–H groups in total. The Kier molecular flexibility index (Phi) is 7.46. The van der Waals surface area contributed by atoms with Gasteiger partial charge in [-0.1, -0.05) is 31.5 Å². The SMILES string of the molecule is CC[C@]12CCCCc3ccc4c(c3)[C@@H](NC(O)c3ccc5c(c3)[C@@H](CCO5)N(C(=N)N1)C(=O)C2)[C@@H](COC)CO4. The Morgan fingerprint density at radius 1 is 1.15 bits per heavy atom. The molecule has 5 aliphatic rings. The van der Waals surface area contributed by atoms with Crippen LogP contribution in [0.15, 0.2) is 36.4 Å². The van der Waals surface area contributed by atoms with Gasteiger partial charge in [-0.3, -0.25) is 20.4 Å². The first kappa shape index (κ1) is 27.1. The fourth-order valence-electron chi connectivity index (χ4n) is 6.88. The smallest absolute Gasteiger partial charge is 0.232 e. The van der Waals surface area contributed by atoms with Crippen LogP contribution in [0.1, 0.15) is 86.0 Å². The lowest BCUT2D eigenvalue weighted by molar-refractivity contribution is -0.133. The molecule has 0 spiro atoms. The summed E-state index contributed by atoms with van der Waals surface area (Å²) in [4.78, 5) is 15.3. The zero-order valence-corrected chi connectivity index (χ0v) is 23.4. The van der Waals surface area contributed by atoms with E-state index in [9.17, 15) is 9.90 Å². The normalized spacial score (nSPS) is 30.0. The van der Waals surface area contributed by atoms with E-state index >= 15 is 0 Å². The number of benzene rings is 2. The average molecular weight is 549 g/mol. The molecule has 2 aromatic carbocycles. The lowest BCUT2D eigenvalue weighted by atomic mass is 9.83. The van der Waals surface area contributed by atoms with Crippen molar-refractivity contribution in [2.75, 3.05) is 26.9 Å². The van der Waals surface area contributed by atoms with Gasteiger partial charge in [0.1, 0.15) is 17.7 Å². The number of carbonyl (C=O) groups excluding carboxylic acids is 1. The van der Waals surface area contributed by atoms with E-state index in [1.54, 1.807) is 12.0 Å². The number of fused-ring (bicyclic) bond motifs is 6. The van der Waals surface area contributed by atoms with E-state index in [1.807, 2.05) is 24.3 Å². The van der Waals surface area contributed by atoms with E-state index in [2.05, 4.69) is 29.7 Å². The van der Waals surface area contributed by atoms with E-state index in [-0.39, 0.29) is 29.9 Å². The van der Waals surface area contributed by atoms with Crippen molar-refractivity contribution in [1.29, 1.82) is 5.41 Å². The van der Waals surface area contributed by atoms with Gasteiger partial charge in [-0.2, -0.15) is 0 Å². The van der Waals surface area contributed by atoms with Crippen LogP contribution in [0, 0.1) is 11.3 Å². The summed E-state index contributed by atoms with van der Waals surface area (Å²) in [7, 11) is 1.69. The molecule has 2 aromatic rings. The molecule has 0 radical (unpaired) electrons. The summed E-state index contributed by atoms with van der Waals surface area (Å²) in [5.74, 6) is 1.68. The van der Waals surface area contributed by atoms with Crippen LogP contribution in [0.3, 0.4) is 0 Å². The van der Waals surface area contributed by atoms with Crippen molar-refractivity contribution >= 4 is 11.9 Å². The summed E-state index contributed by atoms with van der Waals surface area (Å²) < 4.78 is 17.6. The molecular formula is C31H40N4O5. The Morgan fingerprint density at radius 2 is 1.98 bits per heavy atom. The maximum atomic E-state index is 13.7. The molecule has 6 bridgehead atoms. The lowest BCUT2D eigenvalue weighted by Gasteiger charge is -2.46. The number of aliphatic hydroxyl groups is 1. The molecule has 7 rings (SSSR count). The summed E-state index contributed by atoms with van der Waals surface area (Å²) >= 11 is 0. The van der Waals surface area contributed by atoms with Crippen LogP contribution in [0.5, 0.6) is 11.5 Å². The van der Waals surface area contributed by atoms with E-state index in [0.717, 1.165) is 49.0 Å². The van der Waals surface area contributed by atoms with Gasteiger partial charge in [0.25, 0.3) is 0 Å². The Hall–Kier alpha value is -3.14. The van der Waals surface area contributed by atoms with Gasteiger partial charge in [-0.25, -0.2) is 0 Å². The number of nitrogens with zero attached hydrogens (tertiary/aromatic N) is 1. The zero-order valence-electron chi connectivity index (χ0n) is 23.4. The van der Waals surface area contributed by atoms with Gasteiger partial charge < -0.3 is 24.6 Å². The third kappa shape index (κ3) is 4.95. The molecule has 214 valence electrons. The van der Waals surface area contributed by atoms with Gasteiger partial charge in [0, 0.05) is 42.2 Å². The van der Waals surface area contributed by atoms with Gasteiger partial charge in [0.05, 0.1) is 32.3 Å². The first-order valence-corrected chi connectivity index (χ1v) is 14.6. The molecule has 1 unspecified atom stereocenters. The van der Waals surface area contributed by atoms with Crippen molar-refractivity contribution in [2.45, 2.75) is 75.7 Å². The second-order valence-electron chi connectivity index (χ2n) is 11.7. The lowest BCUT2D eigenvalue weighted by Crippen LogP contribution is -2.63. The number of ether oxygens (including phenoxy) is 3. The van der Waals surface area contributed by atoms with E-state index in [1.165, 1.54) is 5.56 Å². The summed E-state index contributed by atoms with van der Waals surface area (Å²) in [5.41, 5.74) is 3.35. The van der Waals surface area contributed by atoms with Crippen LogP contribution >= 0.6 is 0 Å². The van der Waals surface area contributed by atoms with Crippen LogP contribution in [0.4, 0.5) is 0 Å². The Bertz CT molecular complexity index is 1260. The maximum Gasteiger partial charge on any atom is 0.232 e. The highest BCUT2D eigenvalue weighted by molar-refractivity contribution is 5.99. The highest BCUT2D eigenvalue weighted by Crippen LogP contribution is 2.42. The first-order chi connectivity index (χ1) is 19.4. The average Bonchev–Trinajstić information content (AvgIpc) is 2.95. The number of hydrogen-bond acceptors (Lipinski definition) is 7. The van der Waals surface area contributed by atoms with Gasteiger partial charge in [0.2, 0.25) is 5.91 Å². The number of guanidine groups is 1. The van der Waals surface area contributed by atoms with Crippen LogP contribution in [0.2, 0.25) is 0 Å². The number of amides is 1. The van der Waals surface area contributed by atoms with Crippen molar-refractivity contribution < 1.29 is 24.1 Å². The fourth-order valence-corrected chi connectivity index (χ4v) is 6.88. The first-order valence-electron chi connectivity index (χ1n) is 14.6. The molecule has 0 aromatic heterocycles. The minimum atomic E-state index is -0.965. The third-order valence-electron chi connectivity index (χ3n) is 9.15. The third-order valence-corrected chi connectivity index (χ3v) is 9.15. The van der Waals surface area contributed by atoms with Crippen molar-refractivity contribution in [3.63, 3.8) is 0 Å². The highest BCUT2D eigenvalue weighted by atomic mass is 16.5. The molecule has 0 saturated carbocycles. The van der Waals surface area contributed by atoms with Gasteiger partial charge >= 0.3 is 0 Å². The predicted octanol–water partition coefficient (Wildman–Crippen LogP) is 4.12. The molecule has 40 heavy (non-hydrogen) atoms. The number of methoxy groups -OCH3 is 1. The Labute approximate surface area is 235 Å². The molecule has 9 nitrogen and oxygen atoms in total. The number of aryl methyl sites for hydroxylation is 1. The van der Waals surface area contributed by atoms with Crippen molar-refractivity contribution in [1.82, 2.24) is 15.5 Å². The van der Waals surface area contributed by atoms with Crippen molar-refractivity contribution in [3.05, 3.63) is 58.7 Å². The minimum Gasteiger partial charge on any atom is -0.493 e. The molecule has 9 heteroatoms. The minimum absolute atomic E-state index is 0.0251. The van der Waals surface area contributed by atoms with Crippen LogP contribution < -0.4 is 20.1 Å². The van der Waals surface area contributed by atoms with Crippen LogP contribution in [-0.2, 0) is 16.0 Å². The van der Waals surface area contributed by atoms with Gasteiger partial charge in [-0.05, 0) is 55.0 Å². The molecule has 5 atom stereocenters. The Balaban J connectivity index is 1.41. The van der Waals surface area contributed by atoms with Crippen LogP contribution in [0.25, 0.3) is 0 Å². The van der Waals surface area contributed by atoms with Crippen molar-refractivity contribution in [2.24, 2.45) is 5.92 Å². The van der Waals surface area contributed by atoms with Gasteiger partial charge in [0.15, 0.2) is 5.96 Å². The zero-order chi connectivity index (χ0) is 27.9. The molecule has 0 aliphatic carbocycles. The monoisotopic (exact) mass is 548 g/mol. The standard InChI is InChI=1S/C31H40N4O5/c1-3-31-12-5-4-6-19-7-9-26-23(14-19)28(21(17-38-2)18-40-26)33-29(37)20-8-10-25-22(15-20)24(11-13-39-25)35(27(36)16-31)30(32)34-31/h7-10,14-15,21,24,28-29,33,37H,3-6,11-13,16-18H2,1-2H3,(H2,32,34)/t21-,24+,28-,29?,31+/m0/s1. The van der Waals surface area contributed by atoms with Crippen molar-refractivity contribution in [3.8, 4) is 11.5 Å². The number of hydrogen-bond donors (Lipinski definition) is 4. The largest absolute Gasteiger partial charge is 0.493 e. The molecule has 1 fully saturated rings. The van der Waals surface area contributed by atoms with Gasteiger partial charge in [-0.15, -0.1) is 0 Å². The molecule has 5 heterocycles. The molecule has 1 saturated heterocycles. The highest BCUT2D eigenvalue weighted by Gasteiger charge is 2.44. The molecule has 5 aliphatic heterocycles. The predicted molar refractivity (Wildman–Crippen MR) is 150 cm³/mol. The summed E-state index contributed by atoms with van der Waals surface area (Å²) in [5, 5.41) is 27.3. The topological polar surface area (TPSA) is 116 Å². The Morgan fingerprint density at radius 3 is 2.77 bits per heavy atom. The fraction of sp³-hybridized carbons (Fsp3) is 0.548. The number of nitrogens with one attached hydrogen (secondary N) is 3. The second-order valence-corrected chi connectivity index (χ2v) is 11.7. The summed E-state index contributed by atoms with van der Waals surface area (Å²) in [6.45, 7) is 3.56. The van der Waals surface area contributed by atoms with Crippen LogP contribution in [-0.4, -0.2) is 54.3 Å². The summed E-state index contributed by atoms with van der Waals surface area (Å²) in [6, 6.07) is 11.5. The number of carbonyl (C=O) groups is 1. The maximum absolute atomic E-state index is 13.7. The van der Waals surface area contributed by atoms with E-state index < -0.39 is 11.8 Å². The second kappa shape index (κ2) is 11.0. The molecular weight excluding hydrogens is 508 g/mol. The van der Waals surface area contributed by atoms with E-state index in [4.69, 9.17) is 19.6 Å². The van der Waals surface area contributed by atoms with E-state index in [0.29, 0.717) is 44.0 Å². The molecule has 1 amide bonds. The number of rotatable bonds is 3.